The van der Waals surface area contributed by atoms with E-state index >= 15 is 0 Å². The van der Waals surface area contributed by atoms with Gasteiger partial charge in [0.05, 0.1) is 30.7 Å². The Labute approximate surface area is 252 Å². The number of anilines is 2. The van der Waals surface area contributed by atoms with Gasteiger partial charge >= 0.3 is 6.18 Å². The number of halogens is 3. The van der Waals surface area contributed by atoms with Crippen LogP contribution in [-0.2, 0) is 22.3 Å². The molecule has 0 atom stereocenters. The van der Waals surface area contributed by atoms with E-state index in [-0.39, 0.29) is 11.5 Å². The van der Waals surface area contributed by atoms with Crippen molar-refractivity contribution < 1.29 is 27.5 Å². The molecule has 12 heteroatoms. The van der Waals surface area contributed by atoms with Gasteiger partial charge in [-0.05, 0) is 54.5 Å². The standard InChI is InChI=1S/C32H31F3N6O3/c33-32(34,35)25-8-4-7-24(21-25)31(43)36-26-9-3-6-23(20-26)12-13-30(42)37-28-11-2-1-10-27(28)29-22-41(39-38-29)15-5-14-40-16-18-44-19-17-40/h1-4,6-13,20-22H,5,14-19H2,(H,36,43)(H,37,42). The highest BCUT2D eigenvalue weighted by Gasteiger charge is 2.30. The number of aryl methyl sites for hydroxylation is 1. The molecular formula is C32H31F3N6O3. The van der Waals surface area contributed by atoms with Gasteiger partial charge in [0.15, 0.2) is 0 Å². The minimum absolute atomic E-state index is 0.119. The molecule has 0 aliphatic carbocycles. The minimum atomic E-state index is -4.55. The van der Waals surface area contributed by atoms with Crippen LogP contribution in [-0.4, -0.2) is 64.6 Å². The molecule has 0 radical (unpaired) electrons. The lowest BCUT2D eigenvalue weighted by Crippen LogP contribution is -2.37. The summed E-state index contributed by atoms with van der Waals surface area (Å²) in [6, 6.07) is 18.1. The van der Waals surface area contributed by atoms with Crippen LogP contribution in [0.2, 0.25) is 0 Å². The average Bonchev–Trinajstić information content (AvgIpc) is 3.49. The van der Waals surface area contributed by atoms with Gasteiger partial charge in [0.1, 0.15) is 5.69 Å². The molecule has 2 heterocycles. The number of rotatable bonds is 10. The molecule has 5 rings (SSSR count). The first kappa shape index (κ1) is 30.6. The van der Waals surface area contributed by atoms with E-state index in [4.69, 9.17) is 4.74 Å². The Morgan fingerprint density at radius 2 is 1.73 bits per heavy atom. The predicted molar refractivity (Wildman–Crippen MR) is 161 cm³/mol. The summed E-state index contributed by atoms with van der Waals surface area (Å²) >= 11 is 0. The lowest BCUT2D eigenvalue weighted by atomic mass is 10.1. The summed E-state index contributed by atoms with van der Waals surface area (Å²) in [7, 11) is 0. The van der Waals surface area contributed by atoms with Gasteiger partial charge < -0.3 is 15.4 Å². The molecule has 228 valence electrons. The van der Waals surface area contributed by atoms with Gasteiger partial charge in [-0.1, -0.05) is 41.6 Å². The van der Waals surface area contributed by atoms with Crippen LogP contribution >= 0.6 is 0 Å². The molecule has 9 nitrogen and oxygen atoms in total. The fraction of sp³-hybridized carbons (Fsp3) is 0.250. The Morgan fingerprint density at radius 3 is 2.55 bits per heavy atom. The van der Waals surface area contributed by atoms with E-state index in [1.807, 2.05) is 24.4 Å². The molecule has 0 bridgehead atoms. The van der Waals surface area contributed by atoms with Crippen LogP contribution in [0.15, 0.2) is 85.1 Å². The molecule has 1 aliphatic rings. The number of morpholine rings is 1. The van der Waals surface area contributed by atoms with Gasteiger partial charge in [-0.3, -0.25) is 19.2 Å². The highest BCUT2D eigenvalue weighted by Crippen LogP contribution is 2.30. The van der Waals surface area contributed by atoms with Gasteiger partial charge in [-0.2, -0.15) is 13.2 Å². The Hall–Kier alpha value is -4.81. The van der Waals surface area contributed by atoms with E-state index in [2.05, 4.69) is 25.8 Å². The molecular weight excluding hydrogens is 573 g/mol. The molecule has 44 heavy (non-hydrogen) atoms. The van der Waals surface area contributed by atoms with Crippen LogP contribution < -0.4 is 10.6 Å². The van der Waals surface area contributed by atoms with Gasteiger partial charge in [0.25, 0.3) is 5.91 Å². The molecule has 1 aliphatic heterocycles. The molecule has 3 aromatic carbocycles. The number of alkyl halides is 3. The van der Waals surface area contributed by atoms with Crippen LogP contribution in [0.5, 0.6) is 0 Å². The van der Waals surface area contributed by atoms with Crippen molar-refractivity contribution in [2.45, 2.75) is 19.1 Å². The molecule has 2 amide bonds. The number of benzene rings is 3. The van der Waals surface area contributed by atoms with Crippen molar-refractivity contribution >= 4 is 29.3 Å². The van der Waals surface area contributed by atoms with E-state index in [9.17, 15) is 22.8 Å². The Kier molecular flexibility index (Phi) is 9.82. The third-order valence-corrected chi connectivity index (χ3v) is 6.99. The summed E-state index contributed by atoms with van der Waals surface area (Å²) in [5.41, 5.74) is 1.90. The minimum Gasteiger partial charge on any atom is -0.379 e. The Bertz CT molecular complexity index is 1630. The second kappa shape index (κ2) is 14.1. The van der Waals surface area contributed by atoms with Gasteiger partial charge in [-0.15, -0.1) is 5.10 Å². The summed E-state index contributed by atoms with van der Waals surface area (Å²) < 4.78 is 46.3. The zero-order valence-electron chi connectivity index (χ0n) is 23.8. The molecule has 0 saturated carbocycles. The van der Waals surface area contributed by atoms with E-state index in [0.717, 1.165) is 63.5 Å². The highest BCUT2D eigenvalue weighted by atomic mass is 19.4. The fourth-order valence-electron chi connectivity index (χ4n) is 4.73. The maximum absolute atomic E-state index is 13.0. The number of carbonyl (C=O) groups excluding carboxylic acids is 2. The number of nitrogens with zero attached hydrogens (tertiary/aromatic N) is 4. The predicted octanol–water partition coefficient (Wildman–Crippen LogP) is 5.59. The maximum Gasteiger partial charge on any atom is 0.416 e. The lowest BCUT2D eigenvalue weighted by Gasteiger charge is -2.26. The molecule has 0 spiro atoms. The van der Waals surface area contributed by atoms with Crippen molar-refractivity contribution in [1.82, 2.24) is 19.9 Å². The van der Waals surface area contributed by atoms with Crippen molar-refractivity contribution in [2.24, 2.45) is 0 Å². The normalized spacial score (nSPS) is 14.1. The summed E-state index contributed by atoms with van der Waals surface area (Å²) in [5.74, 6) is -1.06. The van der Waals surface area contributed by atoms with Crippen molar-refractivity contribution in [3.05, 3.63) is 102 Å². The van der Waals surface area contributed by atoms with Crippen LogP contribution in [0.3, 0.4) is 0 Å². The number of ether oxygens (including phenoxy) is 1. The van der Waals surface area contributed by atoms with Gasteiger partial charge in [0, 0.05) is 49.1 Å². The zero-order valence-corrected chi connectivity index (χ0v) is 23.8. The highest BCUT2D eigenvalue weighted by molar-refractivity contribution is 6.05. The summed E-state index contributed by atoms with van der Waals surface area (Å²) in [6.45, 7) is 5.10. The quantitative estimate of drug-likeness (QED) is 0.229. The largest absolute Gasteiger partial charge is 0.416 e. The van der Waals surface area contributed by atoms with Crippen LogP contribution in [0, 0.1) is 0 Å². The van der Waals surface area contributed by atoms with Crippen LogP contribution in [0.1, 0.15) is 27.9 Å². The average molecular weight is 605 g/mol. The van der Waals surface area contributed by atoms with Crippen molar-refractivity contribution in [1.29, 1.82) is 0 Å². The number of hydrogen-bond acceptors (Lipinski definition) is 6. The maximum atomic E-state index is 13.0. The summed E-state index contributed by atoms with van der Waals surface area (Å²) in [6.07, 6.45) is 1.17. The van der Waals surface area contributed by atoms with E-state index in [1.165, 1.54) is 18.2 Å². The van der Waals surface area contributed by atoms with E-state index < -0.39 is 17.6 Å². The SMILES string of the molecule is O=C(C=Cc1cccc(NC(=O)c2cccc(C(F)(F)F)c2)c1)Nc1ccccc1-c1cn(CCCN2CCOCC2)nn1. The third-order valence-electron chi connectivity index (χ3n) is 6.99. The second-order valence-corrected chi connectivity index (χ2v) is 10.2. The van der Waals surface area contributed by atoms with E-state index in [0.29, 0.717) is 22.6 Å². The first-order chi connectivity index (χ1) is 21.2. The monoisotopic (exact) mass is 604 g/mol. The smallest absolute Gasteiger partial charge is 0.379 e. The first-order valence-corrected chi connectivity index (χ1v) is 14.1. The second-order valence-electron chi connectivity index (χ2n) is 10.2. The zero-order chi connectivity index (χ0) is 30.9. The fourth-order valence-corrected chi connectivity index (χ4v) is 4.73. The first-order valence-electron chi connectivity index (χ1n) is 14.1. The third kappa shape index (κ3) is 8.39. The molecule has 4 aromatic rings. The van der Waals surface area contributed by atoms with E-state index in [1.54, 1.807) is 41.1 Å². The van der Waals surface area contributed by atoms with Crippen molar-refractivity contribution in [2.75, 3.05) is 43.5 Å². The molecule has 1 fully saturated rings. The van der Waals surface area contributed by atoms with Crippen LogP contribution in [0.25, 0.3) is 17.3 Å². The number of para-hydroxylation sites is 1. The van der Waals surface area contributed by atoms with Gasteiger partial charge in [-0.25, -0.2) is 0 Å². The van der Waals surface area contributed by atoms with Crippen LogP contribution in [0.4, 0.5) is 24.5 Å². The topological polar surface area (TPSA) is 101 Å². The summed E-state index contributed by atoms with van der Waals surface area (Å²) in [5, 5.41) is 14.0. The molecule has 2 N–H and O–H groups in total. The van der Waals surface area contributed by atoms with Gasteiger partial charge in [0.2, 0.25) is 5.91 Å². The lowest BCUT2D eigenvalue weighted by molar-refractivity contribution is -0.137. The Morgan fingerprint density at radius 1 is 0.932 bits per heavy atom. The molecule has 1 aromatic heterocycles. The van der Waals surface area contributed by atoms with Crippen molar-refractivity contribution in [3.8, 4) is 11.3 Å². The Balaban J connectivity index is 1.18. The number of aromatic nitrogens is 3. The molecule has 1 saturated heterocycles. The number of amides is 2. The number of hydrogen-bond donors (Lipinski definition) is 2. The molecule has 0 unspecified atom stereocenters. The summed E-state index contributed by atoms with van der Waals surface area (Å²) in [4.78, 5) is 27.7. The van der Waals surface area contributed by atoms with Crippen molar-refractivity contribution in [3.63, 3.8) is 0 Å². The number of carbonyl (C=O) groups is 2. The number of nitrogens with one attached hydrogen (secondary N) is 2.